The lowest BCUT2D eigenvalue weighted by Gasteiger charge is -2.49. The van der Waals surface area contributed by atoms with Crippen molar-refractivity contribution in [1.82, 2.24) is 4.90 Å². The minimum absolute atomic E-state index is 0.706. The fraction of sp³-hybridized carbons (Fsp3) is 0.818. The van der Waals surface area contributed by atoms with Gasteiger partial charge in [-0.25, -0.2) is 0 Å². The van der Waals surface area contributed by atoms with Gasteiger partial charge in [0, 0.05) is 18.1 Å². The van der Waals surface area contributed by atoms with Crippen molar-refractivity contribution in [3.8, 4) is 0 Å². The Morgan fingerprint density at radius 2 is 2.00 bits per heavy atom. The van der Waals surface area contributed by atoms with E-state index in [2.05, 4.69) is 37.8 Å². The molecule has 0 unspecified atom stereocenters. The second-order valence-corrected chi connectivity index (χ2v) is 4.48. The smallest absolute Gasteiger partial charge is 0.0284 e. The Morgan fingerprint density at radius 3 is 2.33 bits per heavy atom. The number of hydrogen-bond acceptors (Lipinski definition) is 1. The van der Waals surface area contributed by atoms with Gasteiger partial charge < -0.3 is 0 Å². The molecular weight excluding hydrogens is 146 g/mol. The third-order valence-corrected chi connectivity index (χ3v) is 3.45. The average molecular weight is 165 g/mol. The fourth-order valence-electron chi connectivity index (χ4n) is 2.85. The van der Waals surface area contributed by atoms with E-state index >= 15 is 0 Å². The molecule has 0 aromatic rings. The van der Waals surface area contributed by atoms with Crippen LogP contribution in [0.1, 0.15) is 33.6 Å². The maximum absolute atomic E-state index is 2.66. The molecule has 0 radical (unpaired) electrons. The highest BCUT2D eigenvalue weighted by Crippen LogP contribution is 2.35. The molecule has 2 bridgehead atoms. The van der Waals surface area contributed by atoms with Crippen molar-refractivity contribution < 1.29 is 0 Å². The van der Waals surface area contributed by atoms with Crippen LogP contribution in [-0.2, 0) is 0 Å². The summed E-state index contributed by atoms with van der Waals surface area (Å²) in [5, 5.41) is 0. The zero-order valence-electron chi connectivity index (χ0n) is 8.33. The van der Waals surface area contributed by atoms with Gasteiger partial charge in [0.15, 0.2) is 0 Å². The monoisotopic (exact) mass is 165 g/mol. The number of fused-ring (bicyclic) bond motifs is 2. The summed E-state index contributed by atoms with van der Waals surface area (Å²) in [5.74, 6) is 0.831. The van der Waals surface area contributed by atoms with E-state index in [1.54, 1.807) is 0 Å². The largest absolute Gasteiger partial charge is 0.291 e. The molecule has 0 amide bonds. The Kier molecular flexibility index (Phi) is 1.99. The molecular formula is C11H19N. The second-order valence-electron chi connectivity index (χ2n) is 4.48. The summed E-state index contributed by atoms with van der Waals surface area (Å²) in [6.07, 6.45) is 7.63. The molecule has 0 aromatic heterocycles. The highest BCUT2D eigenvalue weighted by atomic mass is 15.2. The van der Waals surface area contributed by atoms with Crippen LogP contribution in [0.5, 0.6) is 0 Å². The molecule has 3 aliphatic rings. The molecule has 0 N–H and O–H groups in total. The number of nitrogens with zero attached hydrogens (tertiary/aromatic N) is 1. The van der Waals surface area contributed by atoms with Crippen molar-refractivity contribution in [2.75, 3.05) is 0 Å². The summed E-state index contributed by atoms with van der Waals surface area (Å²) in [7, 11) is 0. The fourth-order valence-corrected chi connectivity index (χ4v) is 2.85. The van der Waals surface area contributed by atoms with Crippen LogP contribution in [0.15, 0.2) is 12.2 Å². The maximum atomic E-state index is 2.66. The topological polar surface area (TPSA) is 3.24 Å². The van der Waals surface area contributed by atoms with Gasteiger partial charge in [0.25, 0.3) is 0 Å². The number of rotatable bonds is 1. The van der Waals surface area contributed by atoms with Crippen LogP contribution in [0.25, 0.3) is 0 Å². The third-order valence-electron chi connectivity index (χ3n) is 3.45. The Balaban J connectivity index is 2.21. The van der Waals surface area contributed by atoms with E-state index in [-0.39, 0.29) is 0 Å². The SMILES string of the molecule is CC(C)N1[C@@H]2C=C[C@@H](CC2)[C@H]1C. The van der Waals surface area contributed by atoms with Crippen molar-refractivity contribution in [2.45, 2.75) is 51.7 Å². The van der Waals surface area contributed by atoms with Gasteiger partial charge in [0.1, 0.15) is 0 Å². The minimum Gasteiger partial charge on any atom is -0.291 e. The first-order chi connectivity index (χ1) is 5.70. The molecule has 1 nitrogen and oxygen atoms in total. The normalized spacial score (nSPS) is 41.2. The molecule has 1 aliphatic carbocycles. The van der Waals surface area contributed by atoms with E-state index in [1.165, 1.54) is 12.8 Å². The van der Waals surface area contributed by atoms with Crippen LogP contribution in [0.2, 0.25) is 0 Å². The molecule has 1 heteroatoms. The highest BCUT2D eigenvalue weighted by Gasteiger charge is 2.36. The molecule has 0 spiro atoms. The zero-order chi connectivity index (χ0) is 8.72. The van der Waals surface area contributed by atoms with Gasteiger partial charge in [-0.3, -0.25) is 4.90 Å². The number of piperidine rings is 1. The van der Waals surface area contributed by atoms with E-state index in [0.717, 1.165) is 18.0 Å². The van der Waals surface area contributed by atoms with E-state index < -0.39 is 0 Å². The van der Waals surface area contributed by atoms with Crippen LogP contribution in [0.4, 0.5) is 0 Å². The Bertz CT molecular complexity index is 195. The molecule has 0 saturated carbocycles. The van der Waals surface area contributed by atoms with Crippen LogP contribution >= 0.6 is 0 Å². The van der Waals surface area contributed by atoms with Crippen molar-refractivity contribution >= 4 is 0 Å². The first-order valence-electron chi connectivity index (χ1n) is 5.16. The molecule has 1 fully saturated rings. The third kappa shape index (κ3) is 1.11. The van der Waals surface area contributed by atoms with Crippen LogP contribution < -0.4 is 0 Å². The van der Waals surface area contributed by atoms with Gasteiger partial charge in [-0.1, -0.05) is 12.2 Å². The summed E-state index contributed by atoms with van der Waals surface area (Å²) in [6, 6.07) is 2.22. The minimum atomic E-state index is 0.706. The van der Waals surface area contributed by atoms with E-state index in [0.29, 0.717) is 6.04 Å². The highest BCUT2D eigenvalue weighted by molar-refractivity contribution is 5.12. The van der Waals surface area contributed by atoms with Gasteiger partial charge >= 0.3 is 0 Å². The van der Waals surface area contributed by atoms with Crippen molar-refractivity contribution in [1.29, 1.82) is 0 Å². The molecule has 68 valence electrons. The van der Waals surface area contributed by atoms with Crippen LogP contribution in [0.3, 0.4) is 0 Å². The summed E-state index contributed by atoms with van der Waals surface area (Å²) in [6.45, 7) is 7.00. The van der Waals surface area contributed by atoms with Gasteiger partial charge in [0.05, 0.1) is 0 Å². The summed E-state index contributed by atoms with van der Waals surface area (Å²) in [5.41, 5.74) is 0. The van der Waals surface area contributed by atoms with Gasteiger partial charge in [-0.15, -0.1) is 0 Å². The Labute approximate surface area is 75.4 Å². The average Bonchev–Trinajstić information content (AvgIpc) is 2.05. The zero-order valence-corrected chi connectivity index (χ0v) is 8.33. The number of hydrogen-bond donors (Lipinski definition) is 0. The molecule has 1 saturated heterocycles. The predicted octanol–water partition coefficient (Wildman–Crippen LogP) is 2.43. The Morgan fingerprint density at radius 1 is 1.25 bits per heavy atom. The van der Waals surface area contributed by atoms with Crippen molar-refractivity contribution in [2.24, 2.45) is 5.92 Å². The van der Waals surface area contributed by atoms with Crippen molar-refractivity contribution in [3.63, 3.8) is 0 Å². The van der Waals surface area contributed by atoms with E-state index in [4.69, 9.17) is 0 Å². The molecule has 2 aliphatic heterocycles. The predicted molar refractivity (Wildman–Crippen MR) is 52.1 cm³/mol. The maximum Gasteiger partial charge on any atom is 0.0284 e. The lowest BCUT2D eigenvalue weighted by Crippen LogP contribution is -2.54. The summed E-state index contributed by atoms with van der Waals surface area (Å²) < 4.78 is 0. The van der Waals surface area contributed by atoms with E-state index in [1.807, 2.05) is 0 Å². The molecule has 2 heterocycles. The lowest BCUT2D eigenvalue weighted by atomic mass is 9.80. The van der Waals surface area contributed by atoms with Crippen LogP contribution in [0, 0.1) is 5.92 Å². The van der Waals surface area contributed by atoms with E-state index in [9.17, 15) is 0 Å². The van der Waals surface area contributed by atoms with Crippen molar-refractivity contribution in [3.05, 3.63) is 12.2 Å². The molecule has 0 aromatic carbocycles. The lowest BCUT2D eigenvalue weighted by molar-refractivity contribution is 0.0463. The first kappa shape index (κ1) is 8.31. The molecule has 3 rings (SSSR count). The van der Waals surface area contributed by atoms with Gasteiger partial charge in [0.2, 0.25) is 0 Å². The second kappa shape index (κ2) is 2.88. The van der Waals surface area contributed by atoms with Gasteiger partial charge in [-0.05, 0) is 39.5 Å². The molecule has 3 atom stereocenters. The quantitative estimate of drug-likeness (QED) is 0.539. The van der Waals surface area contributed by atoms with Gasteiger partial charge in [-0.2, -0.15) is 0 Å². The standard InChI is InChI=1S/C11H19N/c1-8(2)12-9(3)10-4-6-11(12)7-5-10/h4,6,8-11H,5,7H2,1-3H3/t9-,10+,11-/m1/s1. The van der Waals surface area contributed by atoms with Crippen LogP contribution in [-0.4, -0.2) is 23.0 Å². The molecule has 12 heavy (non-hydrogen) atoms. The Hall–Kier alpha value is -0.300. The first-order valence-corrected chi connectivity index (χ1v) is 5.16. The summed E-state index contributed by atoms with van der Waals surface area (Å²) >= 11 is 0. The summed E-state index contributed by atoms with van der Waals surface area (Å²) in [4.78, 5) is 2.66.